The maximum absolute atomic E-state index is 12.2. The molecule has 2 rings (SSSR count). The van der Waals surface area contributed by atoms with Gasteiger partial charge in [0.1, 0.15) is 0 Å². The van der Waals surface area contributed by atoms with Gasteiger partial charge in [0.2, 0.25) is 11.8 Å². The Bertz CT molecular complexity index is 352. The van der Waals surface area contributed by atoms with Crippen LogP contribution in [0.1, 0.15) is 19.3 Å². The number of nitrogens with zero attached hydrogens (tertiary/aromatic N) is 2. The third kappa shape index (κ3) is 2.72. The van der Waals surface area contributed by atoms with Crippen LogP contribution in [0.15, 0.2) is 12.7 Å². The predicted octanol–water partition coefficient (Wildman–Crippen LogP) is 0.00420. The third-order valence-corrected chi connectivity index (χ3v) is 3.53. The number of carbonyl (C=O) groups is 2. The molecule has 0 aromatic carbocycles. The average Bonchev–Trinajstić information content (AvgIpc) is 3.11. The quantitative estimate of drug-likeness (QED) is 0.677. The highest BCUT2D eigenvalue weighted by atomic mass is 16.3. The molecule has 18 heavy (non-hydrogen) atoms. The first kappa shape index (κ1) is 13.1. The molecule has 100 valence electrons. The molecule has 1 heterocycles. The van der Waals surface area contributed by atoms with Crippen LogP contribution in [0.2, 0.25) is 0 Å². The fourth-order valence-corrected chi connectivity index (χ4v) is 2.46. The summed E-state index contributed by atoms with van der Waals surface area (Å²) in [5, 5.41) is 8.95. The standard InChI is InChI=1S/C13H20N2O3/c1-2-5-14(6-7-16)13(18)10-8-12(17)15(9-10)11-3-4-11/h2,10-11,16H,1,3-9H2. The number of amides is 2. The molecule has 5 heteroatoms. The minimum Gasteiger partial charge on any atom is -0.395 e. The monoisotopic (exact) mass is 252 g/mol. The molecule has 2 aliphatic rings. The minimum absolute atomic E-state index is 0.0412. The number of hydrogen-bond donors (Lipinski definition) is 1. The number of hydrogen-bond acceptors (Lipinski definition) is 3. The molecular weight excluding hydrogens is 232 g/mol. The first-order valence-electron chi connectivity index (χ1n) is 6.47. The second-order valence-corrected chi connectivity index (χ2v) is 4.97. The van der Waals surface area contributed by atoms with E-state index >= 15 is 0 Å². The number of aliphatic hydroxyl groups is 1. The Hall–Kier alpha value is -1.36. The minimum atomic E-state index is -0.246. The first-order valence-corrected chi connectivity index (χ1v) is 6.47. The van der Waals surface area contributed by atoms with Gasteiger partial charge in [-0.25, -0.2) is 0 Å². The normalized spacial score (nSPS) is 23.3. The fraction of sp³-hybridized carbons (Fsp3) is 0.692. The van der Waals surface area contributed by atoms with E-state index < -0.39 is 0 Å². The number of aliphatic hydroxyl groups excluding tert-OH is 1. The molecule has 1 saturated carbocycles. The van der Waals surface area contributed by atoms with Crippen LogP contribution < -0.4 is 0 Å². The molecule has 1 N–H and O–H groups in total. The highest BCUT2D eigenvalue weighted by Gasteiger charge is 2.42. The molecule has 0 aromatic heterocycles. The molecule has 0 bridgehead atoms. The largest absolute Gasteiger partial charge is 0.395 e. The van der Waals surface area contributed by atoms with E-state index in [1.54, 1.807) is 11.0 Å². The van der Waals surface area contributed by atoms with Crippen molar-refractivity contribution in [2.24, 2.45) is 5.92 Å². The lowest BCUT2D eigenvalue weighted by Gasteiger charge is -2.23. The third-order valence-electron chi connectivity index (χ3n) is 3.53. The summed E-state index contributed by atoms with van der Waals surface area (Å²) >= 11 is 0. The van der Waals surface area contributed by atoms with Crippen molar-refractivity contribution in [3.05, 3.63) is 12.7 Å². The van der Waals surface area contributed by atoms with Gasteiger partial charge in [0, 0.05) is 32.1 Å². The number of likely N-dealkylation sites (tertiary alicyclic amines) is 1. The number of rotatable bonds is 6. The SMILES string of the molecule is C=CCN(CCO)C(=O)C1CC(=O)N(C2CC2)C1. The van der Waals surface area contributed by atoms with Crippen molar-refractivity contribution in [3.63, 3.8) is 0 Å². The summed E-state index contributed by atoms with van der Waals surface area (Å²) < 4.78 is 0. The van der Waals surface area contributed by atoms with Crippen molar-refractivity contribution >= 4 is 11.8 Å². The Morgan fingerprint density at radius 3 is 2.83 bits per heavy atom. The van der Waals surface area contributed by atoms with E-state index in [0.717, 1.165) is 12.8 Å². The molecule has 1 atom stereocenters. The van der Waals surface area contributed by atoms with Gasteiger partial charge in [-0.05, 0) is 12.8 Å². The second kappa shape index (κ2) is 5.52. The Balaban J connectivity index is 1.95. The molecule has 1 aliphatic carbocycles. The van der Waals surface area contributed by atoms with Crippen molar-refractivity contribution in [3.8, 4) is 0 Å². The van der Waals surface area contributed by atoms with Gasteiger partial charge in [-0.1, -0.05) is 6.08 Å². The summed E-state index contributed by atoms with van der Waals surface area (Å²) in [6.07, 6.45) is 4.09. The van der Waals surface area contributed by atoms with Crippen LogP contribution in [0.3, 0.4) is 0 Å². The predicted molar refractivity (Wildman–Crippen MR) is 66.7 cm³/mol. The van der Waals surface area contributed by atoms with E-state index in [1.165, 1.54) is 0 Å². The lowest BCUT2D eigenvalue weighted by atomic mass is 10.1. The molecule has 2 fully saturated rings. The topological polar surface area (TPSA) is 60.9 Å². The molecule has 0 radical (unpaired) electrons. The zero-order chi connectivity index (χ0) is 13.1. The van der Waals surface area contributed by atoms with Gasteiger partial charge in [-0.15, -0.1) is 6.58 Å². The summed E-state index contributed by atoms with van der Waals surface area (Å²) in [4.78, 5) is 27.5. The highest BCUT2D eigenvalue weighted by molar-refractivity contribution is 5.89. The van der Waals surface area contributed by atoms with Crippen molar-refractivity contribution in [2.45, 2.75) is 25.3 Å². The van der Waals surface area contributed by atoms with Crippen molar-refractivity contribution in [1.29, 1.82) is 0 Å². The van der Waals surface area contributed by atoms with Crippen molar-refractivity contribution in [2.75, 3.05) is 26.2 Å². The van der Waals surface area contributed by atoms with Gasteiger partial charge >= 0.3 is 0 Å². The van der Waals surface area contributed by atoms with E-state index in [9.17, 15) is 9.59 Å². The Morgan fingerprint density at radius 2 is 2.28 bits per heavy atom. The van der Waals surface area contributed by atoms with Crippen LogP contribution >= 0.6 is 0 Å². The Morgan fingerprint density at radius 1 is 1.56 bits per heavy atom. The van der Waals surface area contributed by atoms with Gasteiger partial charge in [0.25, 0.3) is 0 Å². The zero-order valence-corrected chi connectivity index (χ0v) is 10.5. The molecule has 5 nitrogen and oxygen atoms in total. The van der Waals surface area contributed by atoms with E-state index in [1.807, 2.05) is 4.90 Å². The van der Waals surface area contributed by atoms with Crippen molar-refractivity contribution < 1.29 is 14.7 Å². The van der Waals surface area contributed by atoms with Gasteiger partial charge in [-0.2, -0.15) is 0 Å². The molecule has 0 spiro atoms. The molecule has 2 amide bonds. The lowest BCUT2D eigenvalue weighted by Crippen LogP contribution is -2.39. The summed E-state index contributed by atoms with van der Waals surface area (Å²) in [5.41, 5.74) is 0. The van der Waals surface area contributed by atoms with E-state index in [-0.39, 0.29) is 24.3 Å². The second-order valence-electron chi connectivity index (χ2n) is 4.97. The molecule has 0 aromatic rings. The fourth-order valence-electron chi connectivity index (χ4n) is 2.46. The summed E-state index contributed by atoms with van der Waals surface area (Å²) in [6, 6.07) is 0.376. The van der Waals surface area contributed by atoms with E-state index in [2.05, 4.69) is 6.58 Å². The summed E-state index contributed by atoms with van der Waals surface area (Å²) in [7, 11) is 0. The first-order chi connectivity index (χ1) is 8.67. The lowest BCUT2D eigenvalue weighted by molar-refractivity contribution is -0.135. The maximum Gasteiger partial charge on any atom is 0.228 e. The van der Waals surface area contributed by atoms with Gasteiger partial charge in [-0.3, -0.25) is 9.59 Å². The number of carbonyl (C=O) groups excluding carboxylic acids is 2. The molecular formula is C13H20N2O3. The summed E-state index contributed by atoms with van der Waals surface area (Å²) in [5.74, 6) is -0.191. The zero-order valence-electron chi connectivity index (χ0n) is 10.5. The molecule has 1 saturated heterocycles. The van der Waals surface area contributed by atoms with E-state index in [0.29, 0.717) is 32.1 Å². The van der Waals surface area contributed by atoms with Crippen LogP contribution in [0.4, 0.5) is 0 Å². The van der Waals surface area contributed by atoms with E-state index in [4.69, 9.17) is 5.11 Å². The van der Waals surface area contributed by atoms with Gasteiger partial charge in [0.05, 0.1) is 12.5 Å². The van der Waals surface area contributed by atoms with Crippen molar-refractivity contribution in [1.82, 2.24) is 9.80 Å². The van der Waals surface area contributed by atoms with Crippen LogP contribution in [-0.4, -0.2) is 59.0 Å². The van der Waals surface area contributed by atoms with Gasteiger partial charge in [0.15, 0.2) is 0 Å². The Kier molecular flexibility index (Phi) is 4.01. The van der Waals surface area contributed by atoms with Gasteiger partial charge < -0.3 is 14.9 Å². The molecule has 1 unspecified atom stereocenters. The average molecular weight is 252 g/mol. The Labute approximate surface area is 107 Å². The van der Waals surface area contributed by atoms with Crippen LogP contribution in [0.5, 0.6) is 0 Å². The molecule has 1 aliphatic heterocycles. The smallest absolute Gasteiger partial charge is 0.228 e. The van der Waals surface area contributed by atoms with Crippen LogP contribution in [0.25, 0.3) is 0 Å². The summed E-state index contributed by atoms with van der Waals surface area (Å²) in [6.45, 7) is 4.82. The van der Waals surface area contributed by atoms with Crippen LogP contribution in [-0.2, 0) is 9.59 Å². The maximum atomic E-state index is 12.2. The van der Waals surface area contributed by atoms with Crippen LogP contribution in [0, 0.1) is 5.92 Å². The highest BCUT2D eigenvalue weighted by Crippen LogP contribution is 2.33.